The van der Waals surface area contributed by atoms with Crippen LogP contribution < -0.4 is 9.64 Å². The first-order valence-corrected chi connectivity index (χ1v) is 20.3. The van der Waals surface area contributed by atoms with E-state index in [-0.39, 0.29) is 0 Å². The third-order valence-electron chi connectivity index (χ3n) is 12.5. The lowest BCUT2D eigenvalue weighted by molar-refractivity contribution is 0.483. The van der Waals surface area contributed by atoms with Crippen molar-refractivity contribution < 1.29 is 4.74 Å². The normalized spacial score (nSPS) is 12.5. The van der Waals surface area contributed by atoms with Crippen LogP contribution in [0.3, 0.4) is 0 Å². The van der Waals surface area contributed by atoms with Gasteiger partial charge in [-0.1, -0.05) is 152 Å². The van der Waals surface area contributed by atoms with Crippen LogP contribution in [-0.4, -0.2) is 4.57 Å². The van der Waals surface area contributed by atoms with Crippen molar-refractivity contribution in [3.05, 3.63) is 206 Å². The lowest BCUT2D eigenvalue weighted by Crippen LogP contribution is -2.16. The van der Waals surface area contributed by atoms with Gasteiger partial charge in [0, 0.05) is 27.2 Å². The molecule has 2 heterocycles. The highest BCUT2D eigenvalue weighted by Gasteiger charge is 2.29. The first-order valence-electron chi connectivity index (χ1n) is 20.3. The van der Waals surface area contributed by atoms with Crippen molar-refractivity contribution in [3.8, 4) is 28.3 Å². The Hall–Kier alpha value is -7.88. The standard InChI is InChI=1S/C56H34N2O/c1-3-15-40-35(12-1)14-11-23-50(40)58-53-30-24-36-13-2-4-16-41(36)56(53)59-55-31-26-38(33-54(55)58)37-25-29-52-49(32-37)47-21-9-10-22-51(47)57(52)39-27-28-46-44-19-6-5-17-42(44)43-18-7-8-20-45(43)48(46)34-39/h1-34H. The lowest BCUT2D eigenvalue weighted by atomic mass is 9.94. The molecule has 0 aliphatic carbocycles. The van der Waals surface area contributed by atoms with Crippen LogP contribution in [0.15, 0.2) is 206 Å². The Morgan fingerprint density at radius 2 is 0.881 bits per heavy atom. The summed E-state index contributed by atoms with van der Waals surface area (Å²) in [6.07, 6.45) is 0. The molecule has 1 aliphatic heterocycles. The molecular weight excluding hydrogens is 717 g/mol. The van der Waals surface area contributed by atoms with Crippen LogP contribution in [0.2, 0.25) is 0 Å². The van der Waals surface area contributed by atoms with E-state index in [2.05, 4.69) is 216 Å². The van der Waals surface area contributed by atoms with Crippen LogP contribution in [0.4, 0.5) is 17.1 Å². The van der Waals surface area contributed by atoms with Gasteiger partial charge in [-0.2, -0.15) is 0 Å². The third kappa shape index (κ3) is 4.70. The fraction of sp³-hybridized carbons (Fsp3) is 0. The van der Waals surface area contributed by atoms with Gasteiger partial charge in [-0.05, 0) is 109 Å². The summed E-state index contributed by atoms with van der Waals surface area (Å²) < 4.78 is 9.29. The molecule has 59 heavy (non-hydrogen) atoms. The molecule has 1 aromatic heterocycles. The van der Waals surface area contributed by atoms with E-state index in [1.54, 1.807) is 0 Å². The number of rotatable bonds is 3. The molecule has 0 bridgehead atoms. The molecule has 0 unspecified atom stereocenters. The van der Waals surface area contributed by atoms with Crippen LogP contribution in [0.1, 0.15) is 0 Å². The summed E-state index contributed by atoms with van der Waals surface area (Å²) in [6.45, 7) is 0. The number of anilines is 3. The minimum Gasteiger partial charge on any atom is -0.452 e. The highest BCUT2D eigenvalue weighted by Crippen LogP contribution is 2.55. The van der Waals surface area contributed by atoms with E-state index in [9.17, 15) is 0 Å². The van der Waals surface area contributed by atoms with E-state index >= 15 is 0 Å². The largest absolute Gasteiger partial charge is 0.452 e. The number of fused-ring (bicyclic) bond motifs is 14. The van der Waals surface area contributed by atoms with E-state index < -0.39 is 0 Å². The smallest absolute Gasteiger partial charge is 0.159 e. The number of para-hydroxylation sites is 1. The van der Waals surface area contributed by atoms with Crippen LogP contribution in [0.5, 0.6) is 11.5 Å². The molecule has 3 nitrogen and oxygen atoms in total. The Balaban J connectivity index is 0.998. The van der Waals surface area contributed by atoms with E-state index in [0.29, 0.717) is 0 Å². The summed E-state index contributed by atoms with van der Waals surface area (Å²) in [5.74, 6) is 1.71. The second-order valence-electron chi connectivity index (χ2n) is 15.7. The Kier molecular flexibility index (Phi) is 6.72. The van der Waals surface area contributed by atoms with Gasteiger partial charge >= 0.3 is 0 Å². The molecule has 11 aromatic carbocycles. The Morgan fingerprint density at radius 3 is 1.66 bits per heavy atom. The SMILES string of the molecule is c1ccc2c(N3c4cc(-c5ccc6c(c5)c5ccccc5n6-c5ccc6c7ccccc7c7ccccc7c6c5)ccc4Oc4c3ccc3ccccc43)cccc2c1. The van der Waals surface area contributed by atoms with Crippen molar-refractivity contribution >= 4 is 92.7 Å². The van der Waals surface area contributed by atoms with Crippen LogP contribution >= 0.6 is 0 Å². The molecule has 3 heteroatoms. The molecule has 13 rings (SSSR count). The van der Waals surface area contributed by atoms with Crippen LogP contribution in [-0.2, 0) is 0 Å². The molecule has 0 atom stereocenters. The number of hydrogen-bond acceptors (Lipinski definition) is 2. The zero-order valence-corrected chi connectivity index (χ0v) is 31.9. The fourth-order valence-electron chi connectivity index (χ4n) is 9.84. The van der Waals surface area contributed by atoms with Crippen molar-refractivity contribution in [1.29, 1.82) is 0 Å². The summed E-state index contributed by atoms with van der Waals surface area (Å²) in [6, 6.07) is 75.0. The summed E-state index contributed by atoms with van der Waals surface area (Å²) in [5.41, 5.74) is 8.97. The number of nitrogens with zero attached hydrogens (tertiary/aromatic N) is 2. The number of benzene rings is 11. The van der Waals surface area contributed by atoms with Gasteiger partial charge in [0.15, 0.2) is 11.5 Å². The van der Waals surface area contributed by atoms with Gasteiger partial charge in [-0.3, -0.25) is 0 Å². The van der Waals surface area contributed by atoms with E-state index in [0.717, 1.165) is 56.1 Å². The molecule has 274 valence electrons. The molecular formula is C56H34N2O. The Morgan fingerprint density at radius 1 is 0.305 bits per heavy atom. The average molecular weight is 751 g/mol. The maximum atomic E-state index is 6.86. The zero-order valence-electron chi connectivity index (χ0n) is 31.9. The number of hydrogen-bond donors (Lipinski definition) is 0. The first kappa shape index (κ1) is 32.2. The highest BCUT2D eigenvalue weighted by molar-refractivity contribution is 6.25. The van der Waals surface area contributed by atoms with Crippen molar-refractivity contribution in [2.24, 2.45) is 0 Å². The van der Waals surface area contributed by atoms with Crippen molar-refractivity contribution in [1.82, 2.24) is 4.57 Å². The molecule has 0 radical (unpaired) electrons. The molecule has 0 fully saturated rings. The zero-order chi connectivity index (χ0) is 38.6. The second kappa shape index (κ2) is 12.3. The topological polar surface area (TPSA) is 17.4 Å². The highest BCUT2D eigenvalue weighted by atomic mass is 16.5. The second-order valence-corrected chi connectivity index (χ2v) is 15.7. The van der Waals surface area contributed by atoms with Crippen LogP contribution in [0.25, 0.3) is 92.5 Å². The summed E-state index contributed by atoms with van der Waals surface area (Å²) >= 11 is 0. The molecule has 0 saturated carbocycles. The lowest BCUT2D eigenvalue weighted by Gasteiger charge is -2.34. The van der Waals surface area contributed by atoms with Crippen molar-refractivity contribution in [2.45, 2.75) is 0 Å². The first-order chi connectivity index (χ1) is 29.3. The van der Waals surface area contributed by atoms with E-state index in [1.165, 1.54) is 64.9 Å². The maximum Gasteiger partial charge on any atom is 0.159 e. The molecule has 0 spiro atoms. The quantitative estimate of drug-likeness (QED) is 0.167. The summed E-state index contributed by atoms with van der Waals surface area (Å²) in [4.78, 5) is 2.39. The molecule has 0 N–H and O–H groups in total. The minimum atomic E-state index is 0.833. The fourth-order valence-corrected chi connectivity index (χ4v) is 9.84. The van der Waals surface area contributed by atoms with Crippen molar-refractivity contribution in [2.75, 3.05) is 4.90 Å². The van der Waals surface area contributed by atoms with Crippen LogP contribution in [0, 0.1) is 0 Å². The molecule has 12 aromatic rings. The molecule has 0 amide bonds. The Bertz CT molecular complexity index is 3690. The summed E-state index contributed by atoms with van der Waals surface area (Å²) in [5, 5.41) is 14.8. The van der Waals surface area contributed by atoms with E-state index in [1.807, 2.05) is 0 Å². The minimum absolute atomic E-state index is 0.833. The van der Waals surface area contributed by atoms with Gasteiger partial charge in [0.25, 0.3) is 0 Å². The number of aromatic nitrogens is 1. The van der Waals surface area contributed by atoms with Gasteiger partial charge in [-0.25, -0.2) is 0 Å². The predicted molar refractivity (Wildman–Crippen MR) is 249 cm³/mol. The van der Waals surface area contributed by atoms with E-state index in [4.69, 9.17) is 4.74 Å². The third-order valence-corrected chi connectivity index (χ3v) is 12.5. The monoisotopic (exact) mass is 750 g/mol. The molecule has 0 saturated heterocycles. The molecule has 1 aliphatic rings. The van der Waals surface area contributed by atoms with Gasteiger partial charge in [0.1, 0.15) is 0 Å². The predicted octanol–water partition coefficient (Wildman–Crippen LogP) is 15.8. The van der Waals surface area contributed by atoms with Gasteiger partial charge < -0.3 is 14.2 Å². The Labute approximate surface area is 340 Å². The van der Waals surface area contributed by atoms with Gasteiger partial charge in [0.05, 0.1) is 28.1 Å². The van der Waals surface area contributed by atoms with Gasteiger partial charge in [-0.15, -0.1) is 0 Å². The van der Waals surface area contributed by atoms with Gasteiger partial charge in [0.2, 0.25) is 0 Å². The maximum absolute atomic E-state index is 6.86. The summed E-state index contributed by atoms with van der Waals surface area (Å²) in [7, 11) is 0. The number of ether oxygens (including phenoxy) is 1. The average Bonchev–Trinajstić information content (AvgIpc) is 3.64. The van der Waals surface area contributed by atoms with Crippen molar-refractivity contribution in [3.63, 3.8) is 0 Å².